The molecule has 0 spiro atoms. The van der Waals surface area contributed by atoms with E-state index in [2.05, 4.69) is 4.98 Å². The molecule has 20 heavy (non-hydrogen) atoms. The van der Waals surface area contributed by atoms with Gasteiger partial charge in [-0.2, -0.15) is 0 Å². The van der Waals surface area contributed by atoms with Crippen molar-refractivity contribution in [1.29, 1.82) is 0 Å². The zero-order chi connectivity index (χ0) is 14.3. The molecule has 2 fully saturated rings. The number of fused-ring (bicyclic) bond motifs is 1. The lowest BCUT2D eigenvalue weighted by Crippen LogP contribution is -2.43. The number of hydrogen-bond acceptors (Lipinski definition) is 3. The van der Waals surface area contributed by atoms with E-state index >= 15 is 0 Å². The fourth-order valence-corrected chi connectivity index (χ4v) is 3.71. The second kappa shape index (κ2) is 5.05. The largest absolute Gasteiger partial charge is 0.480 e. The maximum Gasteiger partial charge on any atom is 0.326 e. The van der Waals surface area contributed by atoms with E-state index in [9.17, 15) is 14.7 Å². The number of carboxylic acids is 1. The third-order valence-corrected chi connectivity index (χ3v) is 4.58. The van der Waals surface area contributed by atoms with Crippen molar-refractivity contribution in [3.8, 4) is 0 Å². The lowest BCUT2D eigenvalue weighted by Gasteiger charge is -2.24. The van der Waals surface area contributed by atoms with Crippen LogP contribution in [0.15, 0.2) is 18.3 Å². The molecule has 6 heteroatoms. The number of carboxylic acid groups (broad SMARTS) is 1. The number of halogens is 1. The molecular weight excluding hydrogens is 280 g/mol. The van der Waals surface area contributed by atoms with E-state index in [0.717, 1.165) is 19.3 Å². The zero-order valence-corrected chi connectivity index (χ0v) is 11.6. The van der Waals surface area contributed by atoms with Gasteiger partial charge in [-0.05, 0) is 36.8 Å². The second-order valence-corrected chi connectivity index (χ2v) is 5.85. The molecule has 1 aromatic heterocycles. The molecule has 1 amide bonds. The second-order valence-electron chi connectivity index (χ2n) is 5.46. The molecule has 1 N–H and O–H groups in total. The highest BCUT2D eigenvalue weighted by molar-refractivity contribution is 6.29. The van der Waals surface area contributed by atoms with Crippen LogP contribution in [0.3, 0.4) is 0 Å². The average molecular weight is 295 g/mol. The fourth-order valence-electron chi connectivity index (χ4n) is 3.53. The van der Waals surface area contributed by atoms with Gasteiger partial charge in [0, 0.05) is 18.3 Å². The van der Waals surface area contributed by atoms with E-state index in [1.165, 1.54) is 17.2 Å². The van der Waals surface area contributed by atoms with Crippen LogP contribution in [0.25, 0.3) is 0 Å². The van der Waals surface area contributed by atoms with Crippen molar-refractivity contribution in [3.63, 3.8) is 0 Å². The van der Waals surface area contributed by atoms with Crippen molar-refractivity contribution in [2.75, 3.05) is 6.54 Å². The van der Waals surface area contributed by atoms with E-state index in [4.69, 9.17) is 11.6 Å². The minimum Gasteiger partial charge on any atom is -0.480 e. The molecule has 0 radical (unpaired) electrons. The van der Waals surface area contributed by atoms with Crippen molar-refractivity contribution in [1.82, 2.24) is 9.88 Å². The smallest absolute Gasteiger partial charge is 0.326 e. The number of nitrogens with zero attached hydrogens (tertiary/aromatic N) is 2. The van der Waals surface area contributed by atoms with E-state index in [1.54, 1.807) is 6.07 Å². The molecule has 1 aromatic rings. The van der Waals surface area contributed by atoms with Crippen molar-refractivity contribution in [3.05, 3.63) is 29.0 Å². The summed E-state index contributed by atoms with van der Waals surface area (Å²) >= 11 is 5.79. The maximum absolute atomic E-state index is 12.5. The Kier molecular flexibility index (Phi) is 3.38. The number of rotatable bonds is 2. The molecule has 3 rings (SSSR count). The Hall–Kier alpha value is -1.62. The van der Waals surface area contributed by atoms with Crippen molar-refractivity contribution in [2.45, 2.75) is 25.3 Å². The third-order valence-electron chi connectivity index (χ3n) is 4.38. The first-order valence-electron chi connectivity index (χ1n) is 6.73. The zero-order valence-electron chi connectivity index (χ0n) is 10.8. The summed E-state index contributed by atoms with van der Waals surface area (Å²) in [6, 6.07) is 2.35. The minimum absolute atomic E-state index is 0.0914. The number of pyridine rings is 1. The highest BCUT2D eigenvalue weighted by Gasteiger charge is 2.49. The predicted molar refractivity (Wildman–Crippen MR) is 72.5 cm³/mol. The topological polar surface area (TPSA) is 70.5 Å². The number of amides is 1. The Labute approximate surface area is 121 Å². The highest BCUT2D eigenvalue weighted by atomic mass is 35.5. The molecule has 1 aliphatic carbocycles. The monoisotopic (exact) mass is 294 g/mol. The Balaban J connectivity index is 1.89. The first kappa shape index (κ1) is 13.4. The first-order valence-corrected chi connectivity index (χ1v) is 7.11. The van der Waals surface area contributed by atoms with Gasteiger partial charge in [0.15, 0.2) is 0 Å². The summed E-state index contributed by atoms with van der Waals surface area (Å²) in [6.45, 7) is 0.528. The van der Waals surface area contributed by atoms with Gasteiger partial charge >= 0.3 is 5.97 Å². The van der Waals surface area contributed by atoms with E-state index < -0.39 is 12.0 Å². The van der Waals surface area contributed by atoms with E-state index in [-0.39, 0.29) is 17.0 Å². The van der Waals surface area contributed by atoms with E-state index in [1.807, 2.05) is 0 Å². The lowest BCUT2D eigenvalue weighted by atomic mass is 9.94. The summed E-state index contributed by atoms with van der Waals surface area (Å²) in [7, 11) is 0. The van der Waals surface area contributed by atoms with Crippen LogP contribution in [0.1, 0.15) is 29.6 Å². The summed E-state index contributed by atoms with van der Waals surface area (Å²) in [5.74, 6) is -0.768. The molecule has 3 atom stereocenters. The van der Waals surface area contributed by atoms with Crippen molar-refractivity contribution >= 4 is 23.5 Å². The highest BCUT2D eigenvalue weighted by Crippen LogP contribution is 2.42. The van der Waals surface area contributed by atoms with Crippen LogP contribution in [-0.2, 0) is 4.79 Å². The van der Waals surface area contributed by atoms with Gasteiger partial charge in [0.25, 0.3) is 5.91 Å². The molecule has 1 saturated heterocycles. The van der Waals surface area contributed by atoms with Crippen LogP contribution >= 0.6 is 11.6 Å². The molecule has 2 aliphatic rings. The Morgan fingerprint density at radius 2 is 2.20 bits per heavy atom. The van der Waals surface area contributed by atoms with E-state index in [0.29, 0.717) is 18.0 Å². The van der Waals surface area contributed by atoms with Gasteiger partial charge < -0.3 is 10.0 Å². The van der Waals surface area contributed by atoms with Gasteiger partial charge in [-0.3, -0.25) is 4.79 Å². The minimum atomic E-state index is -0.909. The van der Waals surface area contributed by atoms with Gasteiger partial charge in [0.05, 0.1) is 0 Å². The summed E-state index contributed by atoms with van der Waals surface area (Å²) in [4.78, 5) is 29.4. The quantitative estimate of drug-likeness (QED) is 0.848. The molecule has 5 nitrogen and oxygen atoms in total. The van der Waals surface area contributed by atoms with Gasteiger partial charge in [-0.15, -0.1) is 0 Å². The Bertz CT molecular complexity index is 563. The normalized spacial score (nSPS) is 28.4. The van der Waals surface area contributed by atoms with Crippen LogP contribution in [-0.4, -0.2) is 39.5 Å². The number of carbonyl (C=O) groups excluding carboxylic acids is 1. The lowest BCUT2D eigenvalue weighted by molar-refractivity contribution is -0.142. The summed E-state index contributed by atoms with van der Waals surface area (Å²) in [6.07, 6.45) is 4.42. The number of likely N-dealkylation sites (tertiary alicyclic amines) is 1. The van der Waals surface area contributed by atoms with Crippen LogP contribution in [0.2, 0.25) is 5.15 Å². The molecule has 2 heterocycles. The van der Waals surface area contributed by atoms with Crippen molar-refractivity contribution in [2.24, 2.45) is 11.8 Å². The van der Waals surface area contributed by atoms with Crippen molar-refractivity contribution < 1.29 is 14.7 Å². The molecule has 106 valence electrons. The van der Waals surface area contributed by atoms with Gasteiger partial charge in [0.2, 0.25) is 0 Å². The van der Waals surface area contributed by atoms with Crippen LogP contribution < -0.4 is 0 Å². The maximum atomic E-state index is 12.5. The van der Waals surface area contributed by atoms with Gasteiger partial charge in [-0.1, -0.05) is 18.0 Å². The molecule has 3 unspecified atom stereocenters. The van der Waals surface area contributed by atoms with Crippen LogP contribution in [0, 0.1) is 11.8 Å². The van der Waals surface area contributed by atoms with Crippen LogP contribution in [0.4, 0.5) is 0 Å². The summed E-state index contributed by atoms with van der Waals surface area (Å²) in [5, 5.41) is 9.69. The number of aliphatic carboxylic acids is 1. The standard InChI is InChI=1S/C14H15ClN2O3/c15-11-6-8(4-5-16-11)13(18)17-7-9-2-1-3-10(9)12(17)14(19)20/h4-6,9-10,12H,1-3,7H2,(H,19,20). The molecular formula is C14H15ClN2O3. The SMILES string of the molecule is O=C(O)C1C2CCCC2CN1C(=O)c1ccnc(Cl)c1. The third kappa shape index (κ3) is 2.16. The average Bonchev–Trinajstić information content (AvgIpc) is 2.96. The van der Waals surface area contributed by atoms with Gasteiger partial charge in [0.1, 0.15) is 11.2 Å². The van der Waals surface area contributed by atoms with Gasteiger partial charge in [-0.25, -0.2) is 9.78 Å². The number of hydrogen-bond donors (Lipinski definition) is 1. The molecule has 1 saturated carbocycles. The Morgan fingerprint density at radius 3 is 2.90 bits per heavy atom. The predicted octanol–water partition coefficient (Wildman–Crippen LogP) is 2.06. The Morgan fingerprint density at radius 1 is 1.40 bits per heavy atom. The molecule has 0 bridgehead atoms. The fraction of sp³-hybridized carbons (Fsp3) is 0.500. The first-order chi connectivity index (χ1) is 9.58. The molecule has 1 aliphatic heterocycles. The summed E-state index contributed by atoms with van der Waals surface area (Å²) < 4.78 is 0. The number of carbonyl (C=O) groups is 2. The summed E-state index contributed by atoms with van der Waals surface area (Å²) in [5.41, 5.74) is 0.399. The van der Waals surface area contributed by atoms with Crippen LogP contribution in [0.5, 0.6) is 0 Å². The number of aromatic nitrogens is 1. The molecule has 0 aromatic carbocycles.